The molecule has 19 heavy (non-hydrogen) atoms. The smallest absolute Gasteiger partial charge is 0.260 e. The largest absolute Gasteiger partial charge is 0.342 e. The molecule has 1 aliphatic heterocycles. The Bertz CT molecular complexity index is 671. The molecule has 1 aromatic carbocycles. The van der Waals surface area contributed by atoms with Crippen molar-refractivity contribution in [2.24, 2.45) is 0 Å². The molecule has 4 nitrogen and oxygen atoms in total. The van der Waals surface area contributed by atoms with Gasteiger partial charge in [-0.3, -0.25) is 4.79 Å². The van der Waals surface area contributed by atoms with Crippen molar-refractivity contribution >= 4 is 34.6 Å². The van der Waals surface area contributed by atoms with Crippen molar-refractivity contribution in [2.75, 3.05) is 23.9 Å². The third-order valence-electron chi connectivity index (χ3n) is 3.35. The standard InChI is InChI=1S/C14H12ClN3O/c1-17-10-6-4-3-5-9(10)14(19)18(2)12-8-16-13(15)7-11(12)17/h3-8H,1-2H3. The highest BCUT2D eigenvalue weighted by Crippen LogP contribution is 2.39. The summed E-state index contributed by atoms with van der Waals surface area (Å²) in [6, 6.07) is 9.29. The SMILES string of the molecule is CN1C(=O)c2ccccc2N(C)c2cc(Cl)ncc21. The van der Waals surface area contributed by atoms with Crippen LogP contribution in [-0.2, 0) is 0 Å². The predicted molar refractivity (Wildman–Crippen MR) is 76.5 cm³/mol. The second-order valence-electron chi connectivity index (χ2n) is 4.44. The molecule has 0 aliphatic carbocycles. The number of carbonyl (C=O) groups is 1. The van der Waals surface area contributed by atoms with E-state index in [9.17, 15) is 4.79 Å². The summed E-state index contributed by atoms with van der Waals surface area (Å²) in [5.41, 5.74) is 3.13. The summed E-state index contributed by atoms with van der Waals surface area (Å²) in [4.78, 5) is 20.1. The molecule has 0 N–H and O–H groups in total. The van der Waals surface area contributed by atoms with Gasteiger partial charge >= 0.3 is 0 Å². The fourth-order valence-corrected chi connectivity index (χ4v) is 2.46. The molecule has 1 amide bonds. The number of fused-ring (bicyclic) bond motifs is 2. The normalized spacial score (nSPS) is 13.9. The molecule has 0 saturated heterocycles. The van der Waals surface area contributed by atoms with Crippen LogP contribution in [0.1, 0.15) is 10.4 Å². The number of halogens is 1. The van der Waals surface area contributed by atoms with Crippen LogP contribution in [0, 0.1) is 0 Å². The number of hydrogen-bond donors (Lipinski definition) is 0. The number of rotatable bonds is 0. The van der Waals surface area contributed by atoms with Gasteiger partial charge in [-0.15, -0.1) is 0 Å². The molecule has 3 rings (SSSR count). The molecule has 0 fully saturated rings. The topological polar surface area (TPSA) is 36.4 Å². The molecule has 0 unspecified atom stereocenters. The molecule has 0 bridgehead atoms. The third kappa shape index (κ3) is 1.76. The maximum atomic E-state index is 12.5. The van der Waals surface area contributed by atoms with Crippen LogP contribution in [0.3, 0.4) is 0 Å². The first-order valence-electron chi connectivity index (χ1n) is 5.86. The molecule has 1 aromatic heterocycles. The Labute approximate surface area is 116 Å². The van der Waals surface area contributed by atoms with Gasteiger partial charge in [0.25, 0.3) is 5.91 Å². The zero-order valence-corrected chi connectivity index (χ0v) is 11.3. The molecule has 2 aromatic rings. The number of amides is 1. The van der Waals surface area contributed by atoms with E-state index in [1.807, 2.05) is 36.2 Å². The summed E-state index contributed by atoms with van der Waals surface area (Å²) >= 11 is 5.97. The number of benzene rings is 1. The lowest BCUT2D eigenvalue weighted by atomic mass is 10.1. The van der Waals surface area contributed by atoms with E-state index in [1.165, 1.54) is 0 Å². The van der Waals surface area contributed by atoms with E-state index >= 15 is 0 Å². The number of anilines is 3. The Morgan fingerprint density at radius 1 is 1.05 bits per heavy atom. The molecule has 5 heteroatoms. The minimum Gasteiger partial charge on any atom is -0.342 e. The first kappa shape index (κ1) is 12.0. The van der Waals surface area contributed by atoms with Crippen LogP contribution in [-0.4, -0.2) is 25.0 Å². The van der Waals surface area contributed by atoms with E-state index in [-0.39, 0.29) is 5.91 Å². The van der Waals surface area contributed by atoms with E-state index in [2.05, 4.69) is 4.98 Å². The second-order valence-corrected chi connectivity index (χ2v) is 4.82. The van der Waals surface area contributed by atoms with Crippen LogP contribution in [0.5, 0.6) is 0 Å². The Kier molecular flexibility index (Phi) is 2.68. The predicted octanol–water partition coefficient (Wildman–Crippen LogP) is 3.09. The fraction of sp³-hybridized carbons (Fsp3) is 0.143. The number of carbonyl (C=O) groups excluding carboxylic acids is 1. The zero-order valence-electron chi connectivity index (χ0n) is 10.6. The van der Waals surface area contributed by atoms with Crippen LogP contribution in [0.25, 0.3) is 0 Å². The summed E-state index contributed by atoms with van der Waals surface area (Å²) in [5, 5.41) is 0.408. The lowest BCUT2D eigenvalue weighted by Gasteiger charge is -2.21. The highest BCUT2D eigenvalue weighted by atomic mass is 35.5. The summed E-state index contributed by atoms with van der Waals surface area (Å²) in [6.45, 7) is 0. The first-order chi connectivity index (χ1) is 9.09. The summed E-state index contributed by atoms with van der Waals surface area (Å²) in [5.74, 6) is -0.0506. The molecule has 1 aliphatic rings. The van der Waals surface area contributed by atoms with Crippen LogP contribution in [0.15, 0.2) is 36.5 Å². The average molecular weight is 274 g/mol. The van der Waals surface area contributed by atoms with Crippen LogP contribution < -0.4 is 9.80 Å². The van der Waals surface area contributed by atoms with Gasteiger partial charge in [-0.1, -0.05) is 23.7 Å². The zero-order chi connectivity index (χ0) is 13.6. The van der Waals surface area contributed by atoms with Crippen LogP contribution in [0.4, 0.5) is 17.1 Å². The van der Waals surface area contributed by atoms with Gasteiger partial charge in [0.2, 0.25) is 0 Å². The minimum absolute atomic E-state index is 0.0506. The molecule has 2 heterocycles. The number of pyridine rings is 1. The van der Waals surface area contributed by atoms with Crippen LogP contribution in [0.2, 0.25) is 5.15 Å². The van der Waals surface area contributed by atoms with E-state index in [4.69, 9.17) is 11.6 Å². The maximum absolute atomic E-state index is 12.5. The van der Waals surface area contributed by atoms with E-state index in [1.54, 1.807) is 24.2 Å². The second kappa shape index (κ2) is 4.24. The summed E-state index contributed by atoms with van der Waals surface area (Å²) in [6.07, 6.45) is 1.62. The number of aromatic nitrogens is 1. The van der Waals surface area contributed by atoms with Gasteiger partial charge in [-0.2, -0.15) is 0 Å². The molecular formula is C14H12ClN3O. The van der Waals surface area contributed by atoms with E-state index < -0.39 is 0 Å². The molecule has 0 saturated carbocycles. The van der Waals surface area contributed by atoms with Gasteiger partial charge in [-0.25, -0.2) is 4.98 Å². The highest BCUT2D eigenvalue weighted by molar-refractivity contribution is 6.30. The van der Waals surface area contributed by atoms with Crippen molar-refractivity contribution in [3.63, 3.8) is 0 Å². The van der Waals surface area contributed by atoms with E-state index in [0.717, 1.165) is 17.1 Å². The summed E-state index contributed by atoms with van der Waals surface area (Å²) in [7, 11) is 3.66. The number of nitrogens with zero attached hydrogens (tertiary/aromatic N) is 3. The Morgan fingerprint density at radius 2 is 1.79 bits per heavy atom. The van der Waals surface area contributed by atoms with Crippen LogP contribution >= 0.6 is 11.6 Å². The molecular weight excluding hydrogens is 262 g/mol. The van der Waals surface area contributed by atoms with Crippen molar-refractivity contribution in [3.05, 3.63) is 47.2 Å². The molecule has 96 valence electrons. The summed E-state index contributed by atoms with van der Waals surface area (Å²) < 4.78 is 0. The number of para-hydroxylation sites is 1. The quantitative estimate of drug-likeness (QED) is 0.692. The third-order valence-corrected chi connectivity index (χ3v) is 3.56. The molecule has 0 spiro atoms. The fourth-order valence-electron chi connectivity index (χ4n) is 2.31. The number of hydrogen-bond acceptors (Lipinski definition) is 3. The van der Waals surface area contributed by atoms with Gasteiger partial charge in [0.15, 0.2) is 0 Å². The van der Waals surface area contributed by atoms with Gasteiger partial charge in [0.05, 0.1) is 28.8 Å². The Hall–Kier alpha value is -2.07. The highest BCUT2D eigenvalue weighted by Gasteiger charge is 2.27. The van der Waals surface area contributed by atoms with E-state index in [0.29, 0.717) is 10.7 Å². The van der Waals surface area contributed by atoms with Gasteiger partial charge in [0, 0.05) is 20.2 Å². The van der Waals surface area contributed by atoms with Crippen molar-refractivity contribution < 1.29 is 4.79 Å². The van der Waals surface area contributed by atoms with Gasteiger partial charge < -0.3 is 9.80 Å². The average Bonchev–Trinajstić information content (AvgIpc) is 2.51. The van der Waals surface area contributed by atoms with Gasteiger partial charge in [0.1, 0.15) is 5.15 Å². The Morgan fingerprint density at radius 3 is 2.58 bits per heavy atom. The van der Waals surface area contributed by atoms with Crippen molar-refractivity contribution in [1.82, 2.24) is 4.98 Å². The molecule has 0 atom stereocenters. The minimum atomic E-state index is -0.0506. The van der Waals surface area contributed by atoms with Crippen molar-refractivity contribution in [2.45, 2.75) is 0 Å². The monoisotopic (exact) mass is 273 g/mol. The first-order valence-corrected chi connectivity index (χ1v) is 6.24. The van der Waals surface area contributed by atoms with Crippen molar-refractivity contribution in [1.29, 1.82) is 0 Å². The van der Waals surface area contributed by atoms with Gasteiger partial charge in [-0.05, 0) is 12.1 Å². The lowest BCUT2D eigenvalue weighted by molar-refractivity contribution is 0.0994. The van der Waals surface area contributed by atoms with Crippen molar-refractivity contribution in [3.8, 4) is 0 Å². The lowest BCUT2D eigenvalue weighted by Crippen LogP contribution is -2.25. The Balaban J connectivity index is 2.31. The molecule has 0 radical (unpaired) electrons. The maximum Gasteiger partial charge on any atom is 0.260 e.